The van der Waals surface area contributed by atoms with Crippen LogP contribution in [0.5, 0.6) is 0 Å². The summed E-state index contributed by atoms with van der Waals surface area (Å²) in [5.41, 5.74) is 0.993. The van der Waals surface area contributed by atoms with Gasteiger partial charge in [0.1, 0.15) is 6.04 Å². The Morgan fingerprint density at radius 1 is 1.24 bits per heavy atom. The first kappa shape index (κ1) is 14.6. The van der Waals surface area contributed by atoms with Crippen molar-refractivity contribution in [2.24, 2.45) is 5.92 Å². The number of carbonyl (C=O) groups is 2. The van der Waals surface area contributed by atoms with Gasteiger partial charge in [0.25, 0.3) is 0 Å². The number of fused-ring (bicyclic) bond motifs is 1. The van der Waals surface area contributed by atoms with E-state index in [1.807, 2.05) is 16.8 Å². The zero-order valence-corrected chi connectivity index (χ0v) is 12.8. The van der Waals surface area contributed by atoms with Crippen molar-refractivity contribution >= 4 is 23.2 Å². The molecular formula is C16H21NO3S. The molecule has 1 aromatic heterocycles. The average molecular weight is 307 g/mol. The van der Waals surface area contributed by atoms with Gasteiger partial charge in [-0.3, -0.25) is 4.79 Å². The summed E-state index contributed by atoms with van der Waals surface area (Å²) in [6.07, 6.45) is 6.30. The number of hydrogen-bond donors (Lipinski definition) is 1. The number of carbonyl (C=O) groups excluding carboxylic acids is 1. The van der Waals surface area contributed by atoms with Crippen molar-refractivity contribution in [2.75, 3.05) is 0 Å². The summed E-state index contributed by atoms with van der Waals surface area (Å²) in [7, 11) is 0. The third-order valence-corrected chi connectivity index (χ3v) is 5.61. The molecule has 4 nitrogen and oxygen atoms in total. The van der Waals surface area contributed by atoms with Crippen molar-refractivity contribution in [1.82, 2.24) is 4.90 Å². The summed E-state index contributed by atoms with van der Waals surface area (Å²) in [4.78, 5) is 26.0. The minimum absolute atomic E-state index is 0.0163. The third kappa shape index (κ3) is 2.98. The summed E-state index contributed by atoms with van der Waals surface area (Å²) in [5.74, 6) is -0.365. The number of likely N-dealkylation sites (tertiary alicyclic amines) is 1. The quantitative estimate of drug-likeness (QED) is 0.934. The van der Waals surface area contributed by atoms with Crippen LogP contribution in [0.1, 0.15) is 44.1 Å². The second-order valence-corrected chi connectivity index (χ2v) is 6.93. The van der Waals surface area contributed by atoms with Crippen molar-refractivity contribution in [2.45, 2.75) is 57.0 Å². The fourth-order valence-corrected chi connectivity index (χ4v) is 4.56. The maximum Gasteiger partial charge on any atom is 0.326 e. The highest BCUT2D eigenvalue weighted by molar-refractivity contribution is 7.08. The summed E-state index contributed by atoms with van der Waals surface area (Å²) in [5, 5.41) is 13.4. The van der Waals surface area contributed by atoms with E-state index in [9.17, 15) is 14.7 Å². The molecule has 2 fully saturated rings. The number of nitrogens with zero attached hydrogens (tertiary/aromatic N) is 1. The molecule has 1 aliphatic heterocycles. The molecule has 1 saturated carbocycles. The van der Waals surface area contributed by atoms with Crippen LogP contribution in [-0.4, -0.2) is 34.0 Å². The van der Waals surface area contributed by atoms with E-state index in [1.54, 1.807) is 16.2 Å². The number of carboxylic acids is 1. The lowest BCUT2D eigenvalue weighted by Crippen LogP contribution is -2.57. The first-order valence-corrected chi connectivity index (χ1v) is 8.66. The molecule has 2 aliphatic rings. The fourth-order valence-electron chi connectivity index (χ4n) is 3.89. The molecule has 0 radical (unpaired) electrons. The van der Waals surface area contributed by atoms with Crippen molar-refractivity contribution in [3.63, 3.8) is 0 Å². The predicted molar refractivity (Wildman–Crippen MR) is 81.3 cm³/mol. The second kappa shape index (κ2) is 6.18. The highest BCUT2D eigenvalue weighted by Gasteiger charge is 2.43. The Bertz CT molecular complexity index is 514. The van der Waals surface area contributed by atoms with Gasteiger partial charge in [0, 0.05) is 6.04 Å². The normalized spacial score (nSPS) is 29.0. The minimum Gasteiger partial charge on any atom is -0.480 e. The highest BCUT2D eigenvalue weighted by atomic mass is 32.1. The van der Waals surface area contributed by atoms with Gasteiger partial charge in [-0.2, -0.15) is 11.3 Å². The van der Waals surface area contributed by atoms with E-state index >= 15 is 0 Å². The number of thiophene rings is 1. The van der Waals surface area contributed by atoms with Crippen LogP contribution in [0, 0.1) is 5.92 Å². The Labute approximate surface area is 128 Å². The van der Waals surface area contributed by atoms with Crippen LogP contribution in [0.2, 0.25) is 0 Å². The van der Waals surface area contributed by atoms with Crippen molar-refractivity contribution in [1.29, 1.82) is 0 Å². The Morgan fingerprint density at radius 3 is 2.76 bits per heavy atom. The molecule has 3 atom stereocenters. The molecule has 2 heterocycles. The minimum atomic E-state index is -0.849. The topological polar surface area (TPSA) is 57.6 Å². The van der Waals surface area contributed by atoms with E-state index < -0.39 is 12.0 Å². The SMILES string of the molecule is O=C(O)[C@@H]1CC[C@@H]2CCCC[C@@H]2N1C(=O)Cc1ccsc1. The highest BCUT2D eigenvalue weighted by Crippen LogP contribution is 2.38. The Balaban J connectivity index is 1.81. The van der Waals surface area contributed by atoms with Gasteiger partial charge in [-0.25, -0.2) is 4.79 Å². The van der Waals surface area contributed by atoms with Crippen LogP contribution in [0.4, 0.5) is 0 Å². The standard InChI is InChI=1S/C16H21NO3S/c18-15(9-11-7-8-21-10-11)17-13-4-2-1-3-12(13)5-6-14(17)16(19)20/h7-8,10,12-14H,1-6,9H2,(H,19,20)/t12-,13-,14-/m0/s1. The first-order valence-electron chi connectivity index (χ1n) is 7.72. The average Bonchev–Trinajstić information content (AvgIpc) is 2.98. The summed E-state index contributed by atoms with van der Waals surface area (Å²) < 4.78 is 0. The van der Waals surface area contributed by atoms with Crippen LogP contribution in [0.3, 0.4) is 0 Å². The van der Waals surface area contributed by atoms with E-state index in [4.69, 9.17) is 0 Å². The van der Waals surface area contributed by atoms with Gasteiger partial charge in [0.05, 0.1) is 6.42 Å². The number of amides is 1. The van der Waals surface area contributed by atoms with Crippen LogP contribution >= 0.6 is 11.3 Å². The number of carboxylic acid groups (broad SMARTS) is 1. The maximum atomic E-state index is 12.7. The fraction of sp³-hybridized carbons (Fsp3) is 0.625. The van der Waals surface area contributed by atoms with Gasteiger partial charge in [-0.1, -0.05) is 12.8 Å². The van der Waals surface area contributed by atoms with Gasteiger partial charge in [0.2, 0.25) is 5.91 Å². The smallest absolute Gasteiger partial charge is 0.326 e. The van der Waals surface area contributed by atoms with E-state index in [0.717, 1.165) is 31.2 Å². The van der Waals surface area contributed by atoms with E-state index in [0.29, 0.717) is 18.8 Å². The van der Waals surface area contributed by atoms with E-state index in [-0.39, 0.29) is 11.9 Å². The summed E-state index contributed by atoms with van der Waals surface area (Å²) >= 11 is 1.57. The second-order valence-electron chi connectivity index (χ2n) is 6.15. The summed E-state index contributed by atoms with van der Waals surface area (Å²) in [6, 6.07) is 1.45. The van der Waals surface area contributed by atoms with Gasteiger partial charge < -0.3 is 10.0 Å². The Hall–Kier alpha value is -1.36. The summed E-state index contributed by atoms with van der Waals surface area (Å²) in [6.45, 7) is 0. The van der Waals surface area contributed by atoms with Gasteiger partial charge >= 0.3 is 5.97 Å². The zero-order valence-electron chi connectivity index (χ0n) is 12.0. The van der Waals surface area contributed by atoms with Crippen LogP contribution in [0.25, 0.3) is 0 Å². The molecule has 21 heavy (non-hydrogen) atoms. The molecule has 3 rings (SSSR count). The van der Waals surface area contributed by atoms with Crippen LogP contribution in [-0.2, 0) is 16.0 Å². The monoisotopic (exact) mass is 307 g/mol. The Kier molecular flexibility index (Phi) is 4.29. The van der Waals surface area contributed by atoms with E-state index in [2.05, 4.69) is 0 Å². The first-order chi connectivity index (χ1) is 10.2. The molecule has 1 amide bonds. The lowest BCUT2D eigenvalue weighted by Gasteiger charge is -2.47. The maximum absolute atomic E-state index is 12.7. The number of rotatable bonds is 3. The molecule has 0 spiro atoms. The number of aliphatic carboxylic acids is 1. The van der Waals surface area contributed by atoms with Crippen LogP contribution < -0.4 is 0 Å². The number of piperidine rings is 1. The predicted octanol–water partition coefficient (Wildman–Crippen LogP) is 2.93. The molecule has 1 aliphatic carbocycles. The van der Waals surface area contributed by atoms with Gasteiger partial charge in [0.15, 0.2) is 0 Å². The molecule has 0 bridgehead atoms. The van der Waals surface area contributed by atoms with Crippen LogP contribution in [0.15, 0.2) is 16.8 Å². The molecule has 1 saturated heterocycles. The molecule has 1 N–H and O–H groups in total. The lowest BCUT2D eigenvalue weighted by atomic mass is 9.76. The van der Waals surface area contributed by atoms with Gasteiger partial charge in [-0.05, 0) is 54.0 Å². The van der Waals surface area contributed by atoms with Gasteiger partial charge in [-0.15, -0.1) is 0 Å². The largest absolute Gasteiger partial charge is 0.480 e. The molecule has 0 unspecified atom stereocenters. The van der Waals surface area contributed by atoms with Crippen molar-refractivity contribution in [3.8, 4) is 0 Å². The van der Waals surface area contributed by atoms with Crippen molar-refractivity contribution < 1.29 is 14.7 Å². The van der Waals surface area contributed by atoms with E-state index in [1.165, 1.54) is 6.42 Å². The molecule has 0 aromatic carbocycles. The lowest BCUT2D eigenvalue weighted by molar-refractivity contribution is -0.157. The molecule has 1 aromatic rings. The number of hydrogen-bond acceptors (Lipinski definition) is 3. The molecule has 114 valence electrons. The Morgan fingerprint density at radius 2 is 2.05 bits per heavy atom. The van der Waals surface area contributed by atoms with Crippen molar-refractivity contribution in [3.05, 3.63) is 22.4 Å². The zero-order chi connectivity index (χ0) is 14.8. The molecule has 5 heteroatoms. The molecular weight excluding hydrogens is 286 g/mol. The third-order valence-electron chi connectivity index (χ3n) is 4.88.